The van der Waals surface area contributed by atoms with Gasteiger partial charge in [-0.05, 0) is 30.6 Å². The van der Waals surface area contributed by atoms with Gasteiger partial charge >= 0.3 is 0 Å². The van der Waals surface area contributed by atoms with Crippen molar-refractivity contribution in [3.05, 3.63) is 66.7 Å². The van der Waals surface area contributed by atoms with Crippen molar-refractivity contribution in [1.82, 2.24) is 28.9 Å². The first-order valence-corrected chi connectivity index (χ1v) is 10.3. The fourth-order valence-corrected chi connectivity index (χ4v) is 3.87. The lowest BCUT2D eigenvalue weighted by Gasteiger charge is -2.08. The molecule has 0 saturated heterocycles. The van der Waals surface area contributed by atoms with E-state index in [2.05, 4.69) is 41.4 Å². The molecule has 4 aromatic rings. The van der Waals surface area contributed by atoms with E-state index >= 15 is 0 Å². The largest absolute Gasteiger partial charge is 0.495 e. The first-order valence-electron chi connectivity index (χ1n) is 9.52. The third kappa shape index (κ3) is 4.24. The van der Waals surface area contributed by atoms with Crippen LogP contribution in [0.15, 0.2) is 60.3 Å². The molecule has 4 rings (SSSR count). The van der Waals surface area contributed by atoms with E-state index in [4.69, 9.17) is 4.74 Å². The van der Waals surface area contributed by atoms with Crippen LogP contribution in [0.4, 0.5) is 10.8 Å². The van der Waals surface area contributed by atoms with Crippen LogP contribution in [0.2, 0.25) is 0 Å². The van der Waals surface area contributed by atoms with Crippen molar-refractivity contribution in [2.24, 2.45) is 4.99 Å². The number of ether oxygens (including phenoxy) is 1. The number of rotatable bonds is 8. The molecule has 0 saturated carbocycles. The summed E-state index contributed by atoms with van der Waals surface area (Å²) in [5, 5.41) is 11.1. The molecule has 0 aliphatic rings. The predicted molar refractivity (Wildman–Crippen MR) is 123 cm³/mol. The SMILES string of the molecule is C=C/C=C(/OC)C(Cc1cc(Nc2nc(C)cn3c(-c4cn[nH]c4)cnc23)sn1)=NC. The van der Waals surface area contributed by atoms with E-state index in [0.717, 1.165) is 39.0 Å². The van der Waals surface area contributed by atoms with Crippen molar-refractivity contribution < 1.29 is 4.74 Å². The van der Waals surface area contributed by atoms with Crippen molar-refractivity contribution in [1.29, 1.82) is 0 Å². The van der Waals surface area contributed by atoms with Gasteiger partial charge in [-0.3, -0.25) is 14.5 Å². The maximum atomic E-state index is 5.40. The van der Waals surface area contributed by atoms with Crippen LogP contribution >= 0.6 is 11.5 Å². The van der Waals surface area contributed by atoms with Crippen LogP contribution in [-0.2, 0) is 11.2 Å². The molecule has 31 heavy (non-hydrogen) atoms. The quantitative estimate of drug-likeness (QED) is 0.247. The van der Waals surface area contributed by atoms with E-state index in [1.54, 1.807) is 32.5 Å². The number of methoxy groups -OCH3 is 1. The highest BCUT2D eigenvalue weighted by Crippen LogP contribution is 2.27. The number of aryl methyl sites for hydroxylation is 1. The molecule has 2 N–H and O–H groups in total. The predicted octanol–water partition coefficient (Wildman–Crippen LogP) is 3.96. The zero-order valence-corrected chi connectivity index (χ0v) is 18.3. The fraction of sp³-hybridized carbons (Fsp3) is 0.190. The summed E-state index contributed by atoms with van der Waals surface area (Å²) in [6, 6.07) is 1.98. The number of anilines is 2. The summed E-state index contributed by atoms with van der Waals surface area (Å²) in [4.78, 5) is 13.5. The van der Waals surface area contributed by atoms with Gasteiger partial charge < -0.3 is 10.1 Å². The number of aromatic amines is 1. The van der Waals surface area contributed by atoms with Crippen molar-refractivity contribution in [3.63, 3.8) is 0 Å². The fourth-order valence-electron chi connectivity index (χ4n) is 3.20. The Labute approximate surface area is 183 Å². The Hall–Kier alpha value is -3.79. The van der Waals surface area contributed by atoms with Gasteiger partial charge in [-0.15, -0.1) is 0 Å². The van der Waals surface area contributed by atoms with Crippen LogP contribution in [0.25, 0.3) is 16.9 Å². The van der Waals surface area contributed by atoms with Gasteiger partial charge in [0.2, 0.25) is 0 Å². The van der Waals surface area contributed by atoms with Gasteiger partial charge in [0, 0.05) is 31.4 Å². The van der Waals surface area contributed by atoms with Crippen LogP contribution in [0.1, 0.15) is 11.4 Å². The average Bonchev–Trinajstić information content (AvgIpc) is 3.51. The second-order valence-corrected chi connectivity index (χ2v) is 7.49. The van der Waals surface area contributed by atoms with Gasteiger partial charge in [0.05, 0.1) is 42.3 Å². The molecular weight excluding hydrogens is 412 g/mol. The Bertz CT molecular complexity index is 1270. The molecule has 10 heteroatoms. The third-order valence-corrected chi connectivity index (χ3v) is 5.34. The van der Waals surface area contributed by atoms with Crippen LogP contribution < -0.4 is 5.32 Å². The summed E-state index contributed by atoms with van der Waals surface area (Å²) >= 11 is 1.36. The summed E-state index contributed by atoms with van der Waals surface area (Å²) in [5.74, 6) is 1.34. The molecule has 0 atom stereocenters. The Morgan fingerprint density at radius 2 is 2.29 bits per heavy atom. The highest BCUT2D eigenvalue weighted by molar-refractivity contribution is 7.10. The second kappa shape index (κ2) is 8.92. The Balaban J connectivity index is 1.60. The van der Waals surface area contributed by atoms with Gasteiger partial charge in [-0.2, -0.15) is 9.47 Å². The zero-order chi connectivity index (χ0) is 21.8. The molecule has 0 amide bonds. The second-order valence-electron chi connectivity index (χ2n) is 6.68. The molecule has 0 unspecified atom stereocenters. The number of fused-ring (bicyclic) bond motifs is 1. The van der Waals surface area contributed by atoms with E-state index in [1.165, 1.54) is 11.5 Å². The zero-order valence-electron chi connectivity index (χ0n) is 17.5. The summed E-state index contributed by atoms with van der Waals surface area (Å²) in [6.07, 6.45) is 11.4. The molecule has 0 fully saturated rings. The lowest BCUT2D eigenvalue weighted by Crippen LogP contribution is -2.09. The summed E-state index contributed by atoms with van der Waals surface area (Å²) in [7, 11) is 3.35. The molecule has 0 bridgehead atoms. The minimum atomic E-state index is 0.548. The highest BCUT2D eigenvalue weighted by atomic mass is 32.1. The number of nitrogens with one attached hydrogen (secondary N) is 2. The number of hydrogen-bond donors (Lipinski definition) is 2. The van der Waals surface area contributed by atoms with Gasteiger partial charge in [0.15, 0.2) is 11.5 Å². The molecule has 0 radical (unpaired) electrons. The van der Waals surface area contributed by atoms with Crippen molar-refractivity contribution in [3.8, 4) is 11.3 Å². The van der Waals surface area contributed by atoms with E-state index in [9.17, 15) is 0 Å². The summed E-state index contributed by atoms with van der Waals surface area (Å²) in [6.45, 7) is 5.67. The number of hydrogen-bond acceptors (Lipinski definition) is 8. The van der Waals surface area contributed by atoms with Crippen LogP contribution in [-0.4, -0.2) is 48.8 Å². The highest BCUT2D eigenvalue weighted by Gasteiger charge is 2.15. The third-order valence-electron chi connectivity index (χ3n) is 4.60. The molecule has 4 heterocycles. The monoisotopic (exact) mass is 434 g/mol. The molecule has 0 aromatic carbocycles. The topological polar surface area (TPSA) is 105 Å². The Kier molecular flexibility index (Phi) is 5.89. The van der Waals surface area contributed by atoms with E-state index in [1.807, 2.05) is 36.0 Å². The number of aromatic nitrogens is 6. The minimum absolute atomic E-state index is 0.548. The average molecular weight is 435 g/mol. The first-order chi connectivity index (χ1) is 15.1. The van der Waals surface area contributed by atoms with Gasteiger partial charge in [-0.25, -0.2) is 9.97 Å². The maximum absolute atomic E-state index is 5.40. The molecule has 4 aromatic heterocycles. The van der Waals surface area contributed by atoms with E-state index < -0.39 is 0 Å². The van der Waals surface area contributed by atoms with Crippen LogP contribution in [0, 0.1) is 6.92 Å². The standard InChI is InChI=1S/C21H22N8OS/c1-5-6-18(30-4)16(22-3)7-15-8-19(31-28-15)27-20-21-23-11-17(14-9-24-25-10-14)29(21)12-13(2)26-20/h5-6,8-12H,1,7H2,2-4H3,(H,24,25)(H,26,27)/b18-6+,22-16?. The molecule has 0 aliphatic heterocycles. The Morgan fingerprint density at radius 3 is 3.00 bits per heavy atom. The number of imidazole rings is 1. The lowest BCUT2D eigenvalue weighted by molar-refractivity contribution is 0.314. The first kappa shape index (κ1) is 20.5. The number of H-pyrrole nitrogens is 1. The number of aliphatic imine (C=N–C) groups is 1. The minimum Gasteiger partial charge on any atom is -0.495 e. The summed E-state index contributed by atoms with van der Waals surface area (Å²) < 4.78 is 12.0. The van der Waals surface area contributed by atoms with Gasteiger partial charge in [0.1, 0.15) is 10.8 Å². The number of allylic oxidation sites excluding steroid dienone is 3. The summed E-state index contributed by atoms with van der Waals surface area (Å²) in [5.41, 5.74) is 5.16. The molecule has 158 valence electrons. The van der Waals surface area contributed by atoms with Crippen LogP contribution in [0.3, 0.4) is 0 Å². The van der Waals surface area contributed by atoms with Gasteiger partial charge in [0.25, 0.3) is 0 Å². The van der Waals surface area contributed by atoms with E-state index in [0.29, 0.717) is 18.0 Å². The smallest absolute Gasteiger partial charge is 0.180 e. The molecule has 9 nitrogen and oxygen atoms in total. The van der Waals surface area contributed by atoms with Crippen molar-refractivity contribution >= 4 is 33.7 Å². The molecule has 0 aliphatic carbocycles. The Morgan fingerprint density at radius 1 is 1.42 bits per heavy atom. The van der Waals surface area contributed by atoms with Crippen molar-refractivity contribution in [2.75, 3.05) is 19.5 Å². The molecule has 0 spiro atoms. The number of nitrogens with zero attached hydrogens (tertiary/aromatic N) is 6. The van der Waals surface area contributed by atoms with Crippen molar-refractivity contribution in [2.45, 2.75) is 13.3 Å². The van der Waals surface area contributed by atoms with Crippen LogP contribution in [0.5, 0.6) is 0 Å². The lowest BCUT2D eigenvalue weighted by atomic mass is 10.1. The van der Waals surface area contributed by atoms with E-state index in [-0.39, 0.29) is 0 Å². The normalized spacial score (nSPS) is 12.4. The van der Waals surface area contributed by atoms with Gasteiger partial charge in [-0.1, -0.05) is 12.7 Å². The molecular formula is C21H22N8OS. The maximum Gasteiger partial charge on any atom is 0.180 e.